The van der Waals surface area contributed by atoms with Crippen molar-refractivity contribution in [2.75, 3.05) is 0 Å². The molecule has 2 aromatic carbocycles. The second-order valence-corrected chi connectivity index (χ2v) is 11.0. The quantitative estimate of drug-likeness (QED) is 0.334. The number of esters is 1. The highest BCUT2D eigenvalue weighted by atomic mass is 32.1. The Morgan fingerprint density at radius 1 is 1.08 bits per heavy atom. The summed E-state index contributed by atoms with van der Waals surface area (Å²) in [6, 6.07) is 21.1. The van der Waals surface area contributed by atoms with Gasteiger partial charge in [-0.05, 0) is 47.1 Å². The lowest BCUT2D eigenvalue weighted by atomic mass is 10.0. The van der Waals surface area contributed by atoms with Crippen LogP contribution >= 0.6 is 22.7 Å². The second kappa shape index (κ2) is 10.2. The Morgan fingerprint density at radius 3 is 2.50 bits per heavy atom. The third-order valence-electron chi connectivity index (χ3n) is 6.17. The first kappa shape index (κ1) is 24.2. The second-order valence-electron chi connectivity index (χ2n) is 8.98. The highest BCUT2D eigenvalue weighted by molar-refractivity contribution is 7.10. The van der Waals surface area contributed by atoms with E-state index in [1.165, 1.54) is 28.2 Å². The predicted molar refractivity (Wildman–Crippen MR) is 145 cm³/mol. The number of carbonyl (C=O) groups is 1. The summed E-state index contributed by atoms with van der Waals surface area (Å²) in [5.74, 6) is -0.0183. The minimum atomic E-state index is -0.574. The van der Waals surface area contributed by atoms with E-state index in [4.69, 9.17) is 4.74 Å². The Labute approximate surface area is 217 Å². The lowest BCUT2D eigenvalue weighted by Gasteiger charge is -2.23. The molecule has 0 amide bonds. The van der Waals surface area contributed by atoms with Gasteiger partial charge in [0.15, 0.2) is 4.80 Å². The van der Waals surface area contributed by atoms with Gasteiger partial charge in [0.05, 0.1) is 15.8 Å². The molecule has 7 heteroatoms. The molecule has 0 N–H and O–H groups in total. The minimum absolute atomic E-state index is 0.157. The molecule has 1 atom stereocenters. The molecule has 0 aliphatic carbocycles. The molecule has 0 fully saturated rings. The van der Waals surface area contributed by atoms with Gasteiger partial charge in [0.2, 0.25) is 0 Å². The van der Waals surface area contributed by atoms with Crippen LogP contribution in [-0.2, 0) is 16.1 Å². The Morgan fingerprint density at radius 2 is 1.83 bits per heavy atom. The molecule has 4 aromatic rings. The molecule has 1 aliphatic rings. The average Bonchev–Trinajstić information content (AvgIpc) is 3.51. The van der Waals surface area contributed by atoms with Crippen molar-refractivity contribution >= 4 is 34.7 Å². The summed E-state index contributed by atoms with van der Waals surface area (Å²) in [7, 11) is 0. The Balaban J connectivity index is 1.55. The minimum Gasteiger partial charge on any atom is -0.457 e. The van der Waals surface area contributed by atoms with E-state index in [9.17, 15) is 9.59 Å². The van der Waals surface area contributed by atoms with E-state index in [1.807, 2.05) is 66.1 Å². The van der Waals surface area contributed by atoms with Crippen molar-refractivity contribution in [1.29, 1.82) is 0 Å². The van der Waals surface area contributed by atoms with Gasteiger partial charge in [-0.25, -0.2) is 9.79 Å². The van der Waals surface area contributed by atoms with Crippen LogP contribution in [0.2, 0.25) is 0 Å². The SMILES string of the molecule is CC1=C(C(=O)OCc2ccccc2)[C@@H](c2cccs2)n2c(s/c(=C\c3ccc(C(C)C)cc3)c2=O)=N1. The van der Waals surface area contributed by atoms with E-state index >= 15 is 0 Å². The van der Waals surface area contributed by atoms with Crippen LogP contribution in [0.4, 0.5) is 0 Å². The van der Waals surface area contributed by atoms with Gasteiger partial charge in [-0.15, -0.1) is 11.3 Å². The number of benzene rings is 2. The Kier molecular flexibility index (Phi) is 6.85. The first-order valence-electron chi connectivity index (χ1n) is 11.8. The molecule has 0 spiro atoms. The van der Waals surface area contributed by atoms with Crippen molar-refractivity contribution in [2.45, 2.75) is 39.3 Å². The summed E-state index contributed by atoms with van der Waals surface area (Å²) in [6.45, 7) is 6.27. The molecule has 0 bridgehead atoms. The molecule has 2 aromatic heterocycles. The maximum Gasteiger partial charge on any atom is 0.338 e. The molecule has 3 heterocycles. The topological polar surface area (TPSA) is 60.7 Å². The Hall–Kier alpha value is -3.55. The average molecular weight is 515 g/mol. The third kappa shape index (κ3) is 4.76. The number of rotatable bonds is 6. The molecular weight excluding hydrogens is 488 g/mol. The summed E-state index contributed by atoms with van der Waals surface area (Å²) in [6.07, 6.45) is 1.89. The molecule has 182 valence electrons. The molecule has 0 saturated carbocycles. The highest BCUT2D eigenvalue weighted by Crippen LogP contribution is 2.33. The molecule has 5 rings (SSSR count). The molecule has 5 nitrogen and oxygen atoms in total. The van der Waals surface area contributed by atoms with Crippen molar-refractivity contribution < 1.29 is 9.53 Å². The fourth-order valence-corrected chi connectivity index (χ4v) is 6.10. The van der Waals surface area contributed by atoms with Gasteiger partial charge in [0.25, 0.3) is 5.56 Å². The van der Waals surface area contributed by atoms with Crippen LogP contribution in [0.3, 0.4) is 0 Å². The van der Waals surface area contributed by atoms with Crippen LogP contribution in [-0.4, -0.2) is 10.5 Å². The van der Waals surface area contributed by atoms with Gasteiger partial charge in [-0.3, -0.25) is 9.36 Å². The summed E-state index contributed by atoms with van der Waals surface area (Å²) in [4.78, 5) is 33.1. The first-order chi connectivity index (χ1) is 17.4. The van der Waals surface area contributed by atoms with E-state index < -0.39 is 12.0 Å². The number of allylic oxidation sites excluding steroid dienone is 1. The summed E-state index contributed by atoms with van der Waals surface area (Å²) < 4.78 is 7.90. The molecule has 0 unspecified atom stereocenters. The predicted octanol–water partition coefficient (Wildman–Crippen LogP) is 5.16. The molecule has 36 heavy (non-hydrogen) atoms. The Bertz CT molecular complexity index is 1590. The third-order valence-corrected chi connectivity index (χ3v) is 8.08. The van der Waals surface area contributed by atoms with Crippen LogP contribution in [0.1, 0.15) is 54.3 Å². The van der Waals surface area contributed by atoms with Gasteiger partial charge < -0.3 is 4.74 Å². The number of hydrogen-bond donors (Lipinski definition) is 0. The van der Waals surface area contributed by atoms with Gasteiger partial charge >= 0.3 is 5.97 Å². The number of ether oxygens (including phenoxy) is 1. The number of carbonyl (C=O) groups excluding carboxylic acids is 1. The van der Waals surface area contributed by atoms with Crippen molar-refractivity contribution in [2.24, 2.45) is 4.99 Å². The fraction of sp³-hybridized carbons (Fsp3) is 0.207. The molecule has 0 radical (unpaired) electrons. The number of thiazole rings is 1. The van der Waals surface area contributed by atoms with Gasteiger partial charge in [0, 0.05) is 4.88 Å². The monoisotopic (exact) mass is 514 g/mol. The maximum atomic E-state index is 13.7. The van der Waals surface area contributed by atoms with Crippen molar-refractivity contribution in [1.82, 2.24) is 4.57 Å². The first-order valence-corrected chi connectivity index (χ1v) is 13.5. The van der Waals surface area contributed by atoms with E-state index in [1.54, 1.807) is 11.5 Å². The number of nitrogens with zero attached hydrogens (tertiary/aromatic N) is 2. The summed E-state index contributed by atoms with van der Waals surface area (Å²) in [5, 5.41) is 1.95. The van der Waals surface area contributed by atoms with Gasteiger partial charge in [-0.1, -0.05) is 85.8 Å². The number of hydrogen-bond acceptors (Lipinski definition) is 6. The van der Waals surface area contributed by atoms with Crippen LogP contribution in [0, 0.1) is 0 Å². The smallest absolute Gasteiger partial charge is 0.338 e. The number of fused-ring (bicyclic) bond motifs is 1. The maximum absolute atomic E-state index is 13.7. The number of thiophene rings is 1. The fourth-order valence-electron chi connectivity index (χ4n) is 4.23. The van der Waals surface area contributed by atoms with E-state index in [0.29, 0.717) is 26.5 Å². The van der Waals surface area contributed by atoms with Crippen LogP contribution in [0.15, 0.2) is 93.2 Å². The lowest BCUT2D eigenvalue weighted by Crippen LogP contribution is -2.39. The van der Waals surface area contributed by atoms with E-state index in [-0.39, 0.29) is 12.2 Å². The van der Waals surface area contributed by atoms with Crippen molar-refractivity contribution in [3.63, 3.8) is 0 Å². The van der Waals surface area contributed by atoms with Gasteiger partial charge in [0.1, 0.15) is 12.6 Å². The van der Waals surface area contributed by atoms with Crippen LogP contribution in [0.5, 0.6) is 0 Å². The molecule has 1 aliphatic heterocycles. The number of aromatic nitrogens is 1. The molecular formula is C29H26N2O3S2. The van der Waals surface area contributed by atoms with Crippen molar-refractivity contribution in [3.8, 4) is 0 Å². The van der Waals surface area contributed by atoms with Crippen LogP contribution in [0.25, 0.3) is 6.08 Å². The zero-order chi connectivity index (χ0) is 25.2. The van der Waals surface area contributed by atoms with E-state index in [0.717, 1.165) is 16.0 Å². The van der Waals surface area contributed by atoms with Crippen molar-refractivity contribution in [3.05, 3.63) is 125 Å². The highest BCUT2D eigenvalue weighted by Gasteiger charge is 2.34. The lowest BCUT2D eigenvalue weighted by molar-refractivity contribution is -0.140. The largest absolute Gasteiger partial charge is 0.457 e. The molecule has 0 saturated heterocycles. The normalized spacial score (nSPS) is 15.7. The zero-order valence-corrected chi connectivity index (χ0v) is 21.9. The van der Waals surface area contributed by atoms with Crippen LogP contribution < -0.4 is 14.9 Å². The zero-order valence-electron chi connectivity index (χ0n) is 20.3. The standard InChI is InChI=1S/C29H26N2O3S2/c1-18(2)22-13-11-20(12-14-22)16-24-27(32)31-26(23-10-7-15-35-23)25(19(3)30-29(31)36-24)28(33)34-17-21-8-5-4-6-9-21/h4-16,18,26H,17H2,1-3H3/b24-16-/t26-/m1/s1. The van der Waals surface area contributed by atoms with Gasteiger partial charge in [-0.2, -0.15) is 0 Å². The summed E-state index contributed by atoms with van der Waals surface area (Å²) in [5.41, 5.74) is 3.91. The summed E-state index contributed by atoms with van der Waals surface area (Å²) >= 11 is 2.85. The van der Waals surface area contributed by atoms with E-state index in [2.05, 4.69) is 31.0 Å².